The van der Waals surface area contributed by atoms with E-state index in [9.17, 15) is 13.2 Å². The standard InChI is InChI=1S/C13H18ClNO4S/c1-4-10(3)15(8-13(16)17)20(18,19)12-6-5-9(2)7-11(12)14/h5-7,10H,4,8H2,1-3H3,(H,16,17). The molecule has 1 aromatic rings. The molecule has 7 heteroatoms. The molecule has 5 nitrogen and oxygen atoms in total. The number of hydrogen-bond acceptors (Lipinski definition) is 3. The molecule has 0 saturated carbocycles. The van der Waals surface area contributed by atoms with Crippen LogP contribution < -0.4 is 0 Å². The normalized spacial score (nSPS) is 13.4. The molecular weight excluding hydrogens is 302 g/mol. The van der Waals surface area contributed by atoms with E-state index in [1.807, 2.05) is 0 Å². The minimum Gasteiger partial charge on any atom is -0.480 e. The van der Waals surface area contributed by atoms with Crippen molar-refractivity contribution < 1.29 is 18.3 Å². The van der Waals surface area contributed by atoms with Crippen LogP contribution in [0.3, 0.4) is 0 Å². The van der Waals surface area contributed by atoms with Gasteiger partial charge in [-0.1, -0.05) is 24.6 Å². The van der Waals surface area contributed by atoms with Gasteiger partial charge in [-0.2, -0.15) is 4.31 Å². The third-order valence-corrected chi connectivity index (χ3v) is 5.49. The lowest BCUT2D eigenvalue weighted by molar-refractivity contribution is -0.137. The molecule has 1 N–H and O–H groups in total. The zero-order chi connectivity index (χ0) is 15.5. The van der Waals surface area contributed by atoms with Crippen LogP contribution in [0.1, 0.15) is 25.8 Å². The Morgan fingerprint density at radius 1 is 1.45 bits per heavy atom. The van der Waals surface area contributed by atoms with Crippen molar-refractivity contribution in [2.24, 2.45) is 0 Å². The number of carboxylic acid groups (broad SMARTS) is 1. The van der Waals surface area contributed by atoms with Crippen LogP contribution in [0.15, 0.2) is 23.1 Å². The third-order valence-electron chi connectivity index (χ3n) is 3.05. The Bertz CT molecular complexity index is 600. The van der Waals surface area contributed by atoms with Gasteiger partial charge in [0.05, 0.1) is 5.02 Å². The number of aryl methyl sites for hydroxylation is 1. The number of aliphatic carboxylic acids is 1. The minimum absolute atomic E-state index is 0.0636. The van der Waals surface area contributed by atoms with Gasteiger partial charge in [0.2, 0.25) is 10.0 Å². The fourth-order valence-electron chi connectivity index (χ4n) is 1.76. The van der Waals surface area contributed by atoms with E-state index in [0.717, 1.165) is 9.87 Å². The number of hydrogen-bond donors (Lipinski definition) is 1. The average Bonchev–Trinajstić information content (AvgIpc) is 2.34. The summed E-state index contributed by atoms with van der Waals surface area (Å²) in [6, 6.07) is 4.16. The molecule has 0 fully saturated rings. The zero-order valence-corrected chi connectivity index (χ0v) is 13.2. The highest BCUT2D eigenvalue weighted by molar-refractivity contribution is 7.89. The maximum Gasteiger partial charge on any atom is 0.318 e. The molecule has 0 spiro atoms. The highest BCUT2D eigenvalue weighted by atomic mass is 35.5. The van der Waals surface area contributed by atoms with Crippen LogP contribution in [-0.2, 0) is 14.8 Å². The molecular formula is C13H18ClNO4S. The van der Waals surface area contributed by atoms with Crippen LogP contribution in [0.4, 0.5) is 0 Å². The monoisotopic (exact) mass is 319 g/mol. The van der Waals surface area contributed by atoms with Crippen LogP contribution in [0.5, 0.6) is 0 Å². The predicted molar refractivity (Wildman–Crippen MR) is 77.5 cm³/mol. The van der Waals surface area contributed by atoms with Crippen LogP contribution in [-0.4, -0.2) is 36.4 Å². The highest BCUT2D eigenvalue weighted by Gasteiger charge is 2.31. The molecule has 1 unspecified atom stereocenters. The van der Waals surface area contributed by atoms with Crippen LogP contribution in [0, 0.1) is 6.92 Å². The molecule has 0 saturated heterocycles. The van der Waals surface area contributed by atoms with Gasteiger partial charge in [-0.15, -0.1) is 0 Å². The second-order valence-electron chi connectivity index (χ2n) is 4.64. The second-order valence-corrected chi connectivity index (χ2v) is 6.90. The summed E-state index contributed by atoms with van der Waals surface area (Å²) < 4.78 is 26.1. The van der Waals surface area contributed by atoms with E-state index in [4.69, 9.17) is 16.7 Å². The van der Waals surface area contributed by atoms with Crippen LogP contribution in [0.2, 0.25) is 5.02 Å². The molecule has 112 valence electrons. The smallest absolute Gasteiger partial charge is 0.318 e. The Kier molecular flexibility index (Phi) is 5.56. The Morgan fingerprint density at radius 3 is 2.50 bits per heavy atom. The van der Waals surface area contributed by atoms with Crippen LogP contribution in [0.25, 0.3) is 0 Å². The maximum atomic E-state index is 12.6. The Balaban J connectivity index is 3.32. The van der Waals surface area contributed by atoms with E-state index in [2.05, 4.69) is 0 Å². The van der Waals surface area contributed by atoms with Crippen molar-refractivity contribution in [1.82, 2.24) is 4.31 Å². The summed E-state index contributed by atoms with van der Waals surface area (Å²) in [6.45, 7) is 4.68. The van der Waals surface area contributed by atoms with Crippen molar-refractivity contribution in [3.8, 4) is 0 Å². The molecule has 0 heterocycles. The van der Waals surface area contributed by atoms with E-state index < -0.39 is 28.6 Å². The summed E-state index contributed by atoms with van der Waals surface area (Å²) in [4.78, 5) is 10.8. The Morgan fingerprint density at radius 2 is 2.05 bits per heavy atom. The van der Waals surface area contributed by atoms with Crippen molar-refractivity contribution in [1.29, 1.82) is 0 Å². The molecule has 0 aliphatic carbocycles. The van der Waals surface area contributed by atoms with Gasteiger partial charge in [0.25, 0.3) is 0 Å². The summed E-state index contributed by atoms with van der Waals surface area (Å²) in [5.41, 5.74) is 0.835. The summed E-state index contributed by atoms with van der Waals surface area (Å²) in [5, 5.41) is 9.01. The zero-order valence-electron chi connectivity index (χ0n) is 11.6. The lowest BCUT2D eigenvalue weighted by Gasteiger charge is -2.26. The van der Waals surface area contributed by atoms with Gasteiger partial charge in [-0.3, -0.25) is 4.79 Å². The number of carbonyl (C=O) groups is 1. The topological polar surface area (TPSA) is 74.7 Å². The number of halogens is 1. The largest absolute Gasteiger partial charge is 0.480 e. The first-order valence-corrected chi connectivity index (χ1v) is 8.01. The molecule has 1 aromatic carbocycles. The van der Waals surface area contributed by atoms with Crippen molar-refractivity contribution in [3.63, 3.8) is 0 Å². The lowest BCUT2D eigenvalue weighted by Crippen LogP contribution is -2.41. The second kappa shape index (κ2) is 6.56. The third kappa shape index (κ3) is 3.71. The van der Waals surface area contributed by atoms with E-state index in [0.29, 0.717) is 6.42 Å². The molecule has 0 aliphatic heterocycles. The molecule has 0 aliphatic rings. The average molecular weight is 320 g/mol. The van der Waals surface area contributed by atoms with Crippen molar-refractivity contribution >= 4 is 27.6 Å². The molecule has 0 amide bonds. The molecule has 0 radical (unpaired) electrons. The molecule has 0 aromatic heterocycles. The van der Waals surface area contributed by atoms with E-state index in [1.54, 1.807) is 32.9 Å². The van der Waals surface area contributed by atoms with Gasteiger partial charge in [-0.05, 0) is 38.0 Å². The van der Waals surface area contributed by atoms with Gasteiger partial charge in [-0.25, -0.2) is 8.42 Å². The SMILES string of the molecule is CCC(C)N(CC(=O)O)S(=O)(=O)c1ccc(C)cc1Cl. The number of rotatable bonds is 6. The van der Waals surface area contributed by atoms with Crippen molar-refractivity contribution in [3.05, 3.63) is 28.8 Å². The van der Waals surface area contributed by atoms with Gasteiger partial charge in [0.1, 0.15) is 11.4 Å². The summed E-state index contributed by atoms with van der Waals surface area (Å²) >= 11 is 5.99. The van der Waals surface area contributed by atoms with E-state index in [1.165, 1.54) is 6.07 Å². The molecule has 1 rings (SSSR count). The Labute approximate surface area is 124 Å². The van der Waals surface area contributed by atoms with Gasteiger partial charge < -0.3 is 5.11 Å². The van der Waals surface area contributed by atoms with E-state index in [-0.39, 0.29) is 9.92 Å². The quantitative estimate of drug-likeness (QED) is 0.874. The van der Waals surface area contributed by atoms with E-state index >= 15 is 0 Å². The number of nitrogens with zero attached hydrogens (tertiary/aromatic N) is 1. The number of carboxylic acids is 1. The van der Waals surface area contributed by atoms with Crippen molar-refractivity contribution in [2.45, 2.75) is 38.1 Å². The fraction of sp³-hybridized carbons (Fsp3) is 0.462. The first-order chi connectivity index (χ1) is 9.20. The first kappa shape index (κ1) is 16.9. The van der Waals surface area contributed by atoms with Gasteiger partial charge >= 0.3 is 5.97 Å². The highest BCUT2D eigenvalue weighted by Crippen LogP contribution is 2.27. The van der Waals surface area contributed by atoms with Gasteiger partial charge in [0.15, 0.2) is 0 Å². The summed E-state index contributed by atoms with van der Waals surface area (Å²) in [5.74, 6) is -1.20. The first-order valence-electron chi connectivity index (χ1n) is 6.20. The summed E-state index contributed by atoms with van der Waals surface area (Å²) in [6.07, 6.45) is 0.510. The predicted octanol–water partition coefficient (Wildman–Crippen LogP) is 2.52. The number of sulfonamides is 1. The van der Waals surface area contributed by atoms with Crippen molar-refractivity contribution in [2.75, 3.05) is 6.54 Å². The van der Waals surface area contributed by atoms with Gasteiger partial charge in [0, 0.05) is 6.04 Å². The maximum absolute atomic E-state index is 12.6. The molecule has 0 bridgehead atoms. The lowest BCUT2D eigenvalue weighted by atomic mass is 10.2. The van der Waals surface area contributed by atoms with Crippen LogP contribution >= 0.6 is 11.6 Å². The minimum atomic E-state index is -3.93. The fourth-order valence-corrected chi connectivity index (χ4v) is 3.98. The molecule has 1 atom stereocenters. The molecule has 20 heavy (non-hydrogen) atoms. The summed E-state index contributed by atoms with van der Waals surface area (Å²) in [7, 11) is -3.93. The number of benzene rings is 1. The Hall–Kier alpha value is -1.11.